The predicted octanol–water partition coefficient (Wildman–Crippen LogP) is 1.79. The van der Waals surface area contributed by atoms with Crippen molar-refractivity contribution in [2.75, 3.05) is 30.0 Å². The second kappa shape index (κ2) is 12.2. The molecule has 26 heavy (non-hydrogen) atoms. The molecule has 0 fully saturated rings. The van der Waals surface area contributed by atoms with Gasteiger partial charge in [-0.3, -0.25) is 19.7 Å². The number of nitrogens with one attached hydrogen (secondary N) is 3. The molecule has 0 atom stereocenters. The minimum atomic E-state index is -0.725. The lowest BCUT2D eigenvalue weighted by Gasteiger charge is -2.07. The summed E-state index contributed by atoms with van der Waals surface area (Å²) in [6.07, 6.45) is 0.736. The highest BCUT2D eigenvalue weighted by molar-refractivity contribution is 8.00. The molecule has 0 saturated carbocycles. The van der Waals surface area contributed by atoms with E-state index in [1.807, 2.05) is 12.2 Å². The highest BCUT2D eigenvalue weighted by atomic mass is 35.5. The quantitative estimate of drug-likeness (QED) is 0.543. The van der Waals surface area contributed by atoms with Gasteiger partial charge in [-0.1, -0.05) is 18.5 Å². The van der Waals surface area contributed by atoms with Crippen LogP contribution in [0.15, 0.2) is 24.3 Å². The maximum atomic E-state index is 11.7. The van der Waals surface area contributed by atoms with E-state index < -0.39 is 24.5 Å². The van der Waals surface area contributed by atoms with Crippen LogP contribution in [0, 0.1) is 0 Å². The third-order valence-corrected chi connectivity index (χ3v) is 3.89. The van der Waals surface area contributed by atoms with Crippen LogP contribution >= 0.6 is 23.4 Å². The van der Waals surface area contributed by atoms with Gasteiger partial charge in [0.15, 0.2) is 6.61 Å². The predicted molar refractivity (Wildman–Crippen MR) is 100 cm³/mol. The molecule has 0 spiro atoms. The number of rotatable bonds is 9. The van der Waals surface area contributed by atoms with Crippen molar-refractivity contribution in [3.05, 3.63) is 29.3 Å². The molecule has 8 nitrogen and oxygen atoms in total. The average Bonchev–Trinajstić information content (AvgIpc) is 2.60. The normalized spacial score (nSPS) is 9.92. The van der Waals surface area contributed by atoms with Crippen LogP contribution in [0.5, 0.6) is 0 Å². The zero-order valence-corrected chi connectivity index (χ0v) is 15.7. The minimum Gasteiger partial charge on any atom is -0.455 e. The fourth-order valence-electron chi connectivity index (χ4n) is 1.59. The maximum absolute atomic E-state index is 11.7. The summed E-state index contributed by atoms with van der Waals surface area (Å²) in [6, 6.07) is 5.98. The largest absolute Gasteiger partial charge is 0.455 e. The molecule has 0 aliphatic rings. The van der Waals surface area contributed by atoms with Crippen molar-refractivity contribution in [3.8, 4) is 0 Å². The van der Waals surface area contributed by atoms with Gasteiger partial charge in [0.2, 0.25) is 5.91 Å². The molecule has 3 N–H and O–H groups in total. The first-order valence-corrected chi connectivity index (χ1v) is 9.30. The monoisotopic (exact) mass is 401 g/mol. The first kappa shape index (κ1) is 21.8. The van der Waals surface area contributed by atoms with Crippen molar-refractivity contribution in [1.82, 2.24) is 10.6 Å². The number of halogens is 1. The van der Waals surface area contributed by atoms with Crippen LogP contribution in [-0.2, 0) is 19.1 Å². The number of benzene rings is 1. The molecule has 1 rings (SSSR count). The lowest BCUT2D eigenvalue weighted by molar-refractivity contribution is -0.145. The van der Waals surface area contributed by atoms with Crippen LogP contribution in [-0.4, -0.2) is 48.5 Å². The summed E-state index contributed by atoms with van der Waals surface area (Å²) in [7, 11) is 0. The zero-order chi connectivity index (χ0) is 19.4. The van der Waals surface area contributed by atoms with Crippen LogP contribution in [0.4, 0.5) is 10.5 Å². The van der Waals surface area contributed by atoms with Crippen LogP contribution in [0.25, 0.3) is 0 Å². The number of thioether (sulfide) groups is 1. The summed E-state index contributed by atoms with van der Waals surface area (Å²) in [5.74, 6) is -1.71. The Labute approximate surface area is 160 Å². The lowest BCUT2D eigenvalue weighted by Crippen LogP contribution is -2.41. The van der Waals surface area contributed by atoms with E-state index >= 15 is 0 Å². The van der Waals surface area contributed by atoms with Gasteiger partial charge >= 0.3 is 12.0 Å². The van der Waals surface area contributed by atoms with Gasteiger partial charge in [0.1, 0.15) is 0 Å². The number of ether oxygens (including phenoxy) is 1. The van der Waals surface area contributed by atoms with E-state index in [0.29, 0.717) is 17.3 Å². The molecule has 0 aliphatic heterocycles. The van der Waals surface area contributed by atoms with Crippen molar-refractivity contribution >= 4 is 52.9 Å². The van der Waals surface area contributed by atoms with E-state index in [4.69, 9.17) is 16.3 Å². The number of carbonyl (C=O) groups is 4. The number of esters is 1. The van der Waals surface area contributed by atoms with Crippen LogP contribution < -0.4 is 16.0 Å². The standard InChI is InChI=1S/C16H20ClN3O5S/c1-2-7-18-16(24)20-13(21)8-25-15(23)10-26-9-14(22)19-12-5-3-11(17)4-6-12/h3-6H,2,7-10H2,1H3,(H,19,22)(H2,18,20,21,24). The van der Waals surface area contributed by atoms with Crippen LogP contribution in [0.1, 0.15) is 13.3 Å². The van der Waals surface area contributed by atoms with Crippen molar-refractivity contribution in [1.29, 1.82) is 0 Å². The van der Waals surface area contributed by atoms with Crippen molar-refractivity contribution in [2.24, 2.45) is 0 Å². The Morgan fingerprint density at radius 2 is 1.77 bits per heavy atom. The van der Waals surface area contributed by atoms with Gasteiger partial charge in [-0.2, -0.15) is 0 Å². The first-order valence-electron chi connectivity index (χ1n) is 7.77. The number of carbonyl (C=O) groups excluding carboxylic acids is 4. The van der Waals surface area contributed by atoms with Crippen molar-refractivity contribution in [3.63, 3.8) is 0 Å². The number of hydrogen-bond acceptors (Lipinski definition) is 6. The summed E-state index contributed by atoms with van der Waals surface area (Å²) in [5.41, 5.74) is 0.598. The van der Waals surface area contributed by atoms with Crippen molar-refractivity contribution < 1.29 is 23.9 Å². The van der Waals surface area contributed by atoms with E-state index in [9.17, 15) is 19.2 Å². The molecule has 10 heteroatoms. The van der Waals surface area contributed by atoms with Gasteiger partial charge in [0.25, 0.3) is 5.91 Å². The molecular weight excluding hydrogens is 382 g/mol. The molecule has 142 valence electrons. The highest BCUT2D eigenvalue weighted by Gasteiger charge is 2.11. The molecule has 4 amide bonds. The SMILES string of the molecule is CCCNC(=O)NC(=O)COC(=O)CSCC(=O)Nc1ccc(Cl)cc1. The molecule has 0 saturated heterocycles. The molecule has 0 aliphatic carbocycles. The third-order valence-electron chi connectivity index (χ3n) is 2.73. The lowest BCUT2D eigenvalue weighted by atomic mass is 10.3. The summed E-state index contributed by atoms with van der Waals surface area (Å²) in [5, 5.41) is 7.70. The summed E-state index contributed by atoms with van der Waals surface area (Å²) >= 11 is 6.79. The van der Waals surface area contributed by atoms with Crippen LogP contribution in [0.3, 0.4) is 0 Å². The van der Waals surface area contributed by atoms with Gasteiger partial charge in [-0.05, 0) is 30.7 Å². The Kier molecular flexibility index (Phi) is 10.2. The minimum absolute atomic E-state index is 0.0450. The number of amides is 4. The third kappa shape index (κ3) is 9.90. The average molecular weight is 402 g/mol. The number of urea groups is 1. The Balaban J connectivity index is 2.15. The van der Waals surface area contributed by atoms with Gasteiger partial charge in [-0.15, -0.1) is 11.8 Å². The Bertz CT molecular complexity index is 639. The summed E-state index contributed by atoms with van der Waals surface area (Å²) in [4.78, 5) is 45.9. The number of hydrogen-bond donors (Lipinski definition) is 3. The summed E-state index contributed by atoms with van der Waals surface area (Å²) < 4.78 is 4.72. The van der Waals surface area contributed by atoms with Gasteiger partial charge in [0.05, 0.1) is 11.5 Å². The second-order valence-electron chi connectivity index (χ2n) is 5.01. The van der Waals surface area contributed by atoms with E-state index in [-0.39, 0.29) is 17.4 Å². The molecular formula is C16H20ClN3O5S. The Morgan fingerprint density at radius 3 is 2.42 bits per heavy atom. The molecule has 0 aromatic heterocycles. The van der Waals surface area contributed by atoms with E-state index in [1.165, 1.54) is 0 Å². The molecule has 1 aromatic carbocycles. The molecule has 0 radical (unpaired) electrons. The van der Waals surface area contributed by atoms with Crippen LogP contribution in [0.2, 0.25) is 5.02 Å². The van der Waals surface area contributed by atoms with Crippen molar-refractivity contribution in [2.45, 2.75) is 13.3 Å². The van der Waals surface area contributed by atoms with E-state index in [0.717, 1.165) is 18.2 Å². The molecule has 0 bridgehead atoms. The maximum Gasteiger partial charge on any atom is 0.321 e. The fraction of sp³-hybridized carbons (Fsp3) is 0.375. The topological polar surface area (TPSA) is 114 Å². The Morgan fingerprint density at radius 1 is 1.08 bits per heavy atom. The fourth-order valence-corrected chi connectivity index (χ4v) is 2.33. The summed E-state index contributed by atoms with van der Waals surface area (Å²) in [6.45, 7) is 1.75. The second-order valence-corrected chi connectivity index (χ2v) is 6.43. The number of imide groups is 1. The van der Waals surface area contributed by atoms with E-state index in [1.54, 1.807) is 24.3 Å². The smallest absolute Gasteiger partial charge is 0.321 e. The molecule has 1 aromatic rings. The number of anilines is 1. The molecule has 0 unspecified atom stereocenters. The first-order chi connectivity index (χ1) is 12.4. The van der Waals surface area contributed by atoms with Gasteiger partial charge in [0, 0.05) is 17.3 Å². The highest BCUT2D eigenvalue weighted by Crippen LogP contribution is 2.13. The van der Waals surface area contributed by atoms with Gasteiger partial charge in [-0.25, -0.2) is 4.79 Å². The zero-order valence-electron chi connectivity index (χ0n) is 14.2. The Hall–Kier alpha value is -2.26. The van der Waals surface area contributed by atoms with E-state index in [2.05, 4.69) is 10.6 Å². The molecule has 0 heterocycles. The van der Waals surface area contributed by atoms with Gasteiger partial charge < -0.3 is 15.4 Å².